The fourth-order valence-electron chi connectivity index (χ4n) is 1.71. The van der Waals surface area contributed by atoms with Crippen LogP contribution in [0.5, 0.6) is 0 Å². The van der Waals surface area contributed by atoms with Gasteiger partial charge in [-0.2, -0.15) is 0 Å². The zero-order valence-corrected chi connectivity index (χ0v) is 11.9. The molecule has 0 aliphatic carbocycles. The van der Waals surface area contributed by atoms with Crippen molar-refractivity contribution >= 4 is 17.0 Å². The fourth-order valence-corrected chi connectivity index (χ4v) is 2.45. The van der Waals surface area contributed by atoms with E-state index in [0.29, 0.717) is 4.90 Å². The number of hydrogen-bond donors (Lipinski definition) is 1. The topological polar surface area (TPSA) is 62.3 Å². The summed E-state index contributed by atoms with van der Waals surface area (Å²) < 4.78 is 14.4. The van der Waals surface area contributed by atoms with Crippen LogP contribution in [-0.4, -0.2) is 32.2 Å². The van der Waals surface area contributed by atoms with Crippen molar-refractivity contribution in [2.75, 3.05) is 0 Å². The molecule has 1 rings (SSSR count). The maximum absolute atomic E-state index is 12.0. The van der Waals surface area contributed by atoms with E-state index in [4.69, 9.17) is 0 Å². The minimum Gasteiger partial charge on any atom is -0.319 e. The first-order valence-electron chi connectivity index (χ1n) is 5.84. The van der Waals surface area contributed by atoms with Crippen LogP contribution >= 0.6 is 0 Å². The smallest absolute Gasteiger partial charge is 0.319 e. The molecule has 1 aromatic heterocycles. The number of rotatable bonds is 4. The average molecular weight is 269 g/mol. The molecule has 100 valence electrons. The summed E-state index contributed by atoms with van der Waals surface area (Å²) >= 11 is 0. The van der Waals surface area contributed by atoms with Crippen LogP contribution in [0.15, 0.2) is 29.4 Å². The Hall–Kier alpha value is -1.43. The Bertz CT molecular complexity index is 413. The summed E-state index contributed by atoms with van der Waals surface area (Å²) in [6, 6.07) is 3.12. The summed E-state index contributed by atoms with van der Waals surface area (Å²) in [5.74, 6) is 0. The molecule has 0 saturated carbocycles. The summed E-state index contributed by atoms with van der Waals surface area (Å²) in [7, 11) is -1.57. The van der Waals surface area contributed by atoms with E-state index < -0.39 is 11.0 Å². The Labute approximate surface area is 110 Å². The molecule has 18 heavy (non-hydrogen) atoms. The standard InChI is InChI=1S/C12H19N3O2S/c1-9(2)15(10(3)4)12(16)14-18(17)11-6-5-7-13-8-11/h5-10H,1-4H3,(H,14,16). The third kappa shape index (κ3) is 3.80. The molecule has 5 nitrogen and oxygen atoms in total. The summed E-state index contributed by atoms with van der Waals surface area (Å²) in [5, 5.41) is 0. The van der Waals surface area contributed by atoms with Crippen LogP contribution in [0.1, 0.15) is 27.7 Å². The van der Waals surface area contributed by atoms with E-state index in [1.165, 1.54) is 6.20 Å². The zero-order valence-electron chi connectivity index (χ0n) is 11.1. The lowest BCUT2D eigenvalue weighted by atomic mass is 10.2. The van der Waals surface area contributed by atoms with E-state index in [-0.39, 0.29) is 18.1 Å². The van der Waals surface area contributed by atoms with Crippen LogP contribution in [0.3, 0.4) is 0 Å². The van der Waals surface area contributed by atoms with Gasteiger partial charge < -0.3 is 4.90 Å². The van der Waals surface area contributed by atoms with Crippen molar-refractivity contribution in [1.29, 1.82) is 0 Å². The molecular formula is C12H19N3O2S. The maximum Gasteiger partial charge on any atom is 0.329 e. The lowest BCUT2D eigenvalue weighted by Gasteiger charge is -2.30. The molecule has 6 heteroatoms. The van der Waals surface area contributed by atoms with Crippen molar-refractivity contribution in [3.8, 4) is 0 Å². The highest BCUT2D eigenvalue weighted by Crippen LogP contribution is 2.07. The zero-order chi connectivity index (χ0) is 13.7. The van der Waals surface area contributed by atoms with E-state index in [2.05, 4.69) is 9.71 Å². The highest BCUT2D eigenvalue weighted by molar-refractivity contribution is 7.83. The van der Waals surface area contributed by atoms with Crippen LogP contribution in [0.25, 0.3) is 0 Å². The van der Waals surface area contributed by atoms with Gasteiger partial charge >= 0.3 is 6.03 Å². The normalized spacial score (nSPS) is 12.6. The number of carbonyl (C=O) groups is 1. The number of urea groups is 1. The monoisotopic (exact) mass is 269 g/mol. The Morgan fingerprint density at radius 3 is 2.39 bits per heavy atom. The molecule has 0 saturated heterocycles. The number of pyridine rings is 1. The molecule has 1 unspecified atom stereocenters. The maximum atomic E-state index is 12.0. The molecule has 0 radical (unpaired) electrons. The highest BCUT2D eigenvalue weighted by Gasteiger charge is 2.21. The second-order valence-electron chi connectivity index (χ2n) is 4.46. The molecule has 0 fully saturated rings. The predicted octanol–water partition coefficient (Wildman–Crippen LogP) is 1.93. The quantitative estimate of drug-likeness (QED) is 0.908. The summed E-state index contributed by atoms with van der Waals surface area (Å²) in [6.07, 6.45) is 3.07. The molecule has 1 aromatic rings. The SMILES string of the molecule is CC(C)N(C(=O)NS(=O)c1cccnc1)C(C)C. The lowest BCUT2D eigenvalue weighted by molar-refractivity contribution is 0.171. The van der Waals surface area contributed by atoms with E-state index in [0.717, 1.165) is 0 Å². The summed E-state index contributed by atoms with van der Waals surface area (Å²) in [5.41, 5.74) is 0. The van der Waals surface area contributed by atoms with Gasteiger partial charge in [0.1, 0.15) is 0 Å². The number of amides is 2. The number of nitrogens with zero attached hydrogens (tertiary/aromatic N) is 2. The summed E-state index contributed by atoms with van der Waals surface area (Å²) in [4.78, 5) is 18.0. The van der Waals surface area contributed by atoms with Gasteiger partial charge in [0.2, 0.25) is 0 Å². The van der Waals surface area contributed by atoms with Gasteiger partial charge in [0.05, 0.1) is 4.90 Å². The first kappa shape index (κ1) is 14.6. The first-order valence-corrected chi connectivity index (χ1v) is 6.99. The van der Waals surface area contributed by atoms with E-state index in [1.807, 2.05) is 27.7 Å². The van der Waals surface area contributed by atoms with E-state index in [9.17, 15) is 9.00 Å². The number of nitrogens with one attached hydrogen (secondary N) is 1. The number of carbonyl (C=O) groups excluding carboxylic acids is 1. The molecule has 1 heterocycles. The minimum atomic E-state index is -1.57. The average Bonchev–Trinajstić information content (AvgIpc) is 2.28. The van der Waals surface area contributed by atoms with Crippen LogP contribution in [0.4, 0.5) is 4.79 Å². The van der Waals surface area contributed by atoms with Crippen molar-refractivity contribution < 1.29 is 9.00 Å². The molecule has 0 bridgehead atoms. The largest absolute Gasteiger partial charge is 0.329 e. The Kier molecular flexibility index (Phi) is 5.27. The van der Waals surface area contributed by atoms with Crippen molar-refractivity contribution in [2.24, 2.45) is 0 Å². The Morgan fingerprint density at radius 1 is 1.33 bits per heavy atom. The second-order valence-corrected chi connectivity index (χ2v) is 5.67. The third-order valence-corrected chi connectivity index (χ3v) is 3.41. The molecule has 0 aliphatic heterocycles. The van der Waals surface area contributed by atoms with Gasteiger partial charge in [-0.25, -0.2) is 9.00 Å². The van der Waals surface area contributed by atoms with Gasteiger partial charge in [0.15, 0.2) is 11.0 Å². The molecule has 1 atom stereocenters. The van der Waals surface area contributed by atoms with Crippen LogP contribution in [0.2, 0.25) is 0 Å². The Morgan fingerprint density at radius 2 is 1.94 bits per heavy atom. The van der Waals surface area contributed by atoms with Crippen molar-refractivity contribution in [3.63, 3.8) is 0 Å². The van der Waals surface area contributed by atoms with E-state index in [1.54, 1.807) is 23.2 Å². The molecule has 2 amide bonds. The molecule has 1 N–H and O–H groups in total. The van der Waals surface area contributed by atoms with E-state index >= 15 is 0 Å². The van der Waals surface area contributed by atoms with Gasteiger partial charge in [-0.05, 0) is 39.8 Å². The van der Waals surface area contributed by atoms with Crippen molar-refractivity contribution in [3.05, 3.63) is 24.5 Å². The van der Waals surface area contributed by atoms with Gasteiger partial charge in [0, 0.05) is 24.5 Å². The molecule has 0 spiro atoms. The molecule has 0 aromatic carbocycles. The third-order valence-electron chi connectivity index (χ3n) is 2.38. The van der Waals surface area contributed by atoms with Gasteiger partial charge in [-0.1, -0.05) is 0 Å². The van der Waals surface area contributed by atoms with Crippen molar-refractivity contribution in [2.45, 2.75) is 44.7 Å². The van der Waals surface area contributed by atoms with Gasteiger partial charge in [-0.3, -0.25) is 9.71 Å². The molecule has 0 aliphatic rings. The minimum absolute atomic E-state index is 0.0518. The van der Waals surface area contributed by atoms with Gasteiger partial charge in [0.25, 0.3) is 0 Å². The lowest BCUT2D eigenvalue weighted by Crippen LogP contribution is -2.48. The predicted molar refractivity (Wildman–Crippen MR) is 71.3 cm³/mol. The van der Waals surface area contributed by atoms with Crippen molar-refractivity contribution in [1.82, 2.24) is 14.6 Å². The number of hydrogen-bond acceptors (Lipinski definition) is 3. The van der Waals surface area contributed by atoms with Crippen LogP contribution < -0.4 is 4.72 Å². The number of aromatic nitrogens is 1. The van der Waals surface area contributed by atoms with Crippen LogP contribution in [-0.2, 0) is 11.0 Å². The first-order chi connectivity index (χ1) is 8.43. The fraction of sp³-hybridized carbons (Fsp3) is 0.500. The Balaban J connectivity index is 2.73. The van der Waals surface area contributed by atoms with Crippen LogP contribution in [0, 0.1) is 0 Å². The molecular weight excluding hydrogens is 250 g/mol. The van der Waals surface area contributed by atoms with Gasteiger partial charge in [-0.15, -0.1) is 0 Å². The summed E-state index contributed by atoms with van der Waals surface area (Å²) in [6.45, 7) is 7.69. The second kappa shape index (κ2) is 6.49. The highest BCUT2D eigenvalue weighted by atomic mass is 32.2.